The number of hydrogen-bond donors (Lipinski definition) is 0. The molecular formula is C28H25N3O4. The number of carbonyl (C=O) groups excluding carboxylic acids is 1. The summed E-state index contributed by atoms with van der Waals surface area (Å²) < 4.78 is 18.6. The standard InChI is InChI=1S/C28H25N3O4/c1-18-9-12-23(34-18)16-25-28(35-19(2)32)31-17-26(21-10-13-22(33-3)14-11-21)29-24(27(31)30-25)15-20-7-5-4-6-8-20/h4-14,17H,15-16H2,1-3H3. The highest BCUT2D eigenvalue weighted by atomic mass is 16.5. The van der Waals surface area contributed by atoms with E-state index >= 15 is 0 Å². The summed E-state index contributed by atoms with van der Waals surface area (Å²) in [5, 5.41) is 0. The lowest BCUT2D eigenvalue weighted by atomic mass is 10.1. The number of aromatic nitrogens is 3. The molecule has 3 heterocycles. The molecular weight excluding hydrogens is 442 g/mol. The van der Waals surface area contributed by atoms with Crippen LogP contribution >= 0.6 is 0 Å². The summed E-state index contributed by atoms with van der Waals surface area (Å²) in [5.74, 6) is 2.26. The molecule has 0 saturated carbocycles. The Hall–Kier alpha value is -4.39. The Balaban J connectivity index is 1.69. The largest absolute Gasteiger partial charge is 0.497 e. The first-order valence-electron chi connectivity index (χ1n) is 11.3. The minimum atomic E-state index is -0.420. The van der Waals surface area contributed by atoms with Crippen LogP contribution in [0, 0.1) is 6.92 Å². The van der Waals surface area contributed by atoms with Crippen LogP contribution in [0.1, 0.15) is 35.4 Å². The van der Waals surface area contributed by atoms with E-state index in [-0.39, 0.29) is 0 Å². The number of benzene rings is 2. The van der Waals surface area contributed by atoms with Crippen molar-refractivity contribution in [3.63, 3.8) is 0 Å². The first kappa shape index (κ1) is 22.4. The summed E-state index contributed by atoms with van der Waals surface area (Å²) in [4.78, 5) is 21.9. The lowest BCUT2D eigenvalue weighted by molar-refractivity contribution is -0.132. The number of carbonyl (C=O) groups is 1. The number of imidazole rings is 1. The number of rotatable bonds is 7. The molecule has 176 valence electrons. The van der Waals surface area contributed by atoms with Crippen LogP contribution in [-0.4, -0.2) is 27.4 Å². The summed E-state index contributed by atoms with van der Waals surface area (Å²) in [6.45, 7) is 3.28. The number of fused-ring (bicyclic) bond motifs is 1. The van der Waals surface area contributed by atoms with Crippen LogP contribution in [0.25, 0.3) is 16.9 Å². The highest BCUT2D eigenvalue weighted by Crippen LogP contribution is 2.30. The summed E-state index contributed by atoms with van der Waals surface area (Å²) in [6.07, 6.45) is 2.82. The molecule has 0 amide bonds. The third-order valence-electron chi connectivity index (χ3n) is 5.68. The van der Waals surface area contributed by atoms with Crippen LogP contribution in [0.3, 0.4) is 0 Å². The van der Waals surface area contributed by atoms with Crippen LogP contribution in [0.5, 0.6) is 11.6 Å². The number of ether oxygens (including phenoxy) is 2. The summed E-state index contributed by atoms with van der Waals surface area (Å²) in [6, 6.07) is 21.6. The molecule has 7 heteroatoms. The molecule has 2 aromatic carbocycles. The summed E-state index contributed by atoms with van der Waals surface area (Å²) in [7, 11) is 1.64. The van der Waals surface area contributed by atoms with Gasteiger partial charge in [0.2, 0.25) is 5.88 Å². The van der Waals surface area contributed by atoms with Crippen molar-refractivity contribution in [1.82, 2.24) is 14.4 Å². The van der Waals surface area contributed by atoms with Gasteiger partial charge in [-0.25, -0.2) is 9.97 Å². The molecule has 35 heavy (non-hydrogen) atoms. The van der Waals surface area contributed by atoms with E-state index in [1.807, 2.05) is 72.1 Å². The molecule has 0 fully saturated rings. The van der Waals surface area contributed by atoms with Crippen molar-refractivity contribution >= 4 is 11.6 Å². The fourth-order valence-electron chi connectivity index (χ4n) is 4.05. The molecule has 0 saturated heterocycles. The predicted molar refractivity (Wildman–Crippen MR) is 132 cm³/mol. The molecule has 7 nitrogen and oxygen atoms in total. The van der Waals surface area contributed by atoms with Crippen LogP contribution in [0.4, 0.5) is 0 Å². The van der Waals surface area contributed by atoms with Gasteiger partial charge in [0.05, 0.1) is 24.9 Å². The molecule has 0 aliphatic carbocycles. The van der Waals surface area contributed by atoms with Crippen molar-refractivity contribution in [2.45, 2.75) is 26.7 Å². The van der Waals surface area contributed by atoms with Gasteiger partial charge in [0.1, 0.15) is 23.0 Å². The number of hydrogen-bond acceptors (Lipinski definition) is 6. The Kier molecular flexibility index (Phi) is 6.06. The summed E-state index contributed by atoms with van der Waals surface area (Å²) in [5.41, 5.74) is 4.77. The molecule has 5 aromatic rings. The van der Waals surface area contributed by atoms with Crippen molar-refractivity contribution < 1.29 is 18.7 Å². The van der Waals surface area contributed by atoms with Crippen molar-refractivity contribution in [1.29, 1.82) is 0 Å². The number of nitrogens with zero attached hydrogens (tertiary/aromatic N) is 3. The predicted octanol–water partition coefficient (Wildman–Crippen LogP) is 5.41. The molecule has 0 aliphatic heterocycles. The number of furan rings is 1. The molecule has 0 atom stereocenters. The average Bonchev–Trinajstić information content (AvgIpc) is 3.42. The van der Waals surface area contributed by atoms with Gasteiger partial charge in [0.15, 0.2) is 5.65 Å². The Morgan fingerprint density at radius 2 is 1.71 bits per heavy atom. The number of methoxy groups -OCH3 is 1. The van der Waals surface area contributed by atoms with E-state index in [9.17, 15) is 4.79 Å². The minimum Gasteiger partial charge on any atom is -0.497 e. The van der Waals surface area contributed by atoms with E-state index in [1.54, 1.807) is 7.11 Å². The van der Waals surface area contributed by atoms with Crippen molar-refractivity contribution in [3.05, 3.63) is 101 Å². The zero-order valence-electron chi connectivity index (χ0n) is 19.8. The van der Waals surface area contributed by atoms with E-state index in [0.29, 0.717) is 30.1 Å². The van der Waals surface area contributed by atoms with Gasteiger partial charge < -0.3 is 13.9 Å². The Bertz CT molecular complexity index is 1480. The maximum atomic E-state index is 12.0. The van der Waals surface area contributed by atoms with Gasteiger partial charge >= 0.3 is 5.97 Å². The van der Waals surface area contributed by atoms with Gasteiger partial charge in [-0.1, -0.05) is 30.3 Å². The topological polar surface area (TPSA) is 78.9 Å². The zero-order valence-corrected chi connectivity index (χ0v) is 19.8. The van der Waals surface area contributed by atoms with E-state index in [0.717, 1.165) is 39.8 Å². The van der Waals surface area contributed by atoms with Crippen molar-refractivity contribution in [2.24, 2.45) is 0 Å². The lowest BCUT2D eigenvalue weighted by Gasteiger charge is -2.10. The first-order chi connectivity index (χ1) is 17.0. The van der Waals surface area contributed by atoms with E-state index in [4.69, 9.17) is 23.9 Å². The molecule has 0 spiro atoms. The minimum absolute atomic E-state index is 0.369. The Morgan fingerprint density at radius 1 is 0.943 bits per heavy atom. The van der Waals surface area contributed by atoms with Gasteiger partial charge in [-0.2, -0.15) is 0 Å². The third kappa shape index (κ3) is 4.80. The van der Waals surface area contributed by atoms with Crippen molar-refractivity contribution in [2.75, 3.05) is 7.11 Å². The second-order valence-corrected chi connectivity index (χ2v) is 8.30. The fraction of sp³-hybridized carbons (Fsp3) is 0.179. The lowest BCUT2D eigenvalue weighted by Crippen LogP contribution is -2.07. The average molecular weight is 468 g/mol. The SMILES string of the molecule is COc1ccc(-c2cn3c(OC(C)=O)c(Cc4ccc(C)o4)nc3c(Cc3ccccc3)n2)cc1. The van der Waals surface area contributed by atoms with Gasteiger partial charge in [0.25, 0.3) is 0 Å². The molecule has 0 unspecified atom stereocenters. The van der Waals surface area contributed by atoms with Gasteiger partial charge in [-0.3, -0.25) is 9.20 Å². The molecule has 0 N–H and O–H groups in total. The molecule has 0 aliphatic rings. The molecule has 0 radical (unpaired) electrons. The normalized spacial score (nSPS) is 11.1. The zero-order chi connectivity index (χ0) is 24.4. The molecule has 0 bridgehead atoms. The van der Waals surface area contributed by atoms with E-state index in [2.05, 4.69) is 12.1 Å². The maximum Gasteiger partial charge on any atom is 0.309 e. The van der Waals surface area contributed by atoms with Crippen LogP contribution in [0.2, 0.25) is 0 Å². The highest BCUT2D eigenvalue weighted by Gasteiger charge is 2.21. The number of aryl methyl sites for hydroxylation is 1. The van der Waals surface area contributed by atoms with Gasteiger partial charge in [-0.15, -0.1) is 0 Å². The Morgan fingerprint density at radius 3 is 2.37 bits per heavy atom. The second kappa shape index (κ2) is 9.46. The maximum absolute atomic E-state index is 12.0. The van der Waals surface area contributed by atoms with Gasteiger partial charge in [-0.05, 0) is 48.9 Å². The summed E-state index contributed by atoms with van der Waals surface area (Å²) >= 11 is 0. The Labute approximate surface area is 203 Å². The van der Waals surface area contributed by atoms with Crippen molar-refractivity contribution in [3.8, 4) is 22.9 Å². The molecule has 3 aromatic heterocycles. The van der Waals surface area contributed by atoms with Crippen LogP contribution < -0.4 is 9.47 Å². The van der Waals surface area contributed by atoms with Crippen LogP contribution in [-0.2, 0) is 17.6 Å². The van der Waals surface area contributed by atoms with E-state index in [1.165, 1.54) is 6.92 Å². The van der Waals surface area contributed by atoms with Crippen LogP contribution in [0.15, 0.2) is 77.3 Å². The fourth-order valence-corrected chi connectivity index (χ4v) is 4.05. The van der Waals surface area contributed by atoms with E-state index < -0.39 is 5.97 Å². The number of esters is 1. The quantitative estimate of drug-likeness (QED) is 0.298. The third-order valence-corrected chi connectivity index (χ3v) is 5.68. The second-order valence-electron chi connectivity index (χ2n) is 8.30. The highest BCUT2D eigenvalue weighted by molar-refractivity contribution is 5.71. The molecule has 5 rings (SSSR count). The first-order valence-corrected chi connectivity index (χ1v) is 11.3. The smallest absolute Gasteiger partial charge is 0.309 e. The van der Waals surface area contributed by atoms with Gasteiger partial charge in [0, 0.05) is 25.1 Å². The monoisotopic (exact) mass is 467 g/mol.